The Labute approximate surface area is 185 Å². The summed E-state index contributed by atoms with van der Waals surface area (Å²) < 4.78 is 0. The van der Waals surface area contributed by atoms with Crippen LogP contribution in [-0.2, 0) is 0 Å². The lowest BCUT2D eigenvalue weighted by molar-refractivity contribution is 0.0574. The van der Waals surface area contributed by atoms with E-state index in [2.05, 4.69) is 47.0 Å². The fourth-order valence-electron chi connectivity index (χ4n) is 4.37. The molecular weight excluding hydrogens is 471 g/mol. The van der Waals surface area contributed by atoms with Crippen molar-refractivity contribution in [2.45, 2.75) is 57.1 Å². The van der Waals surface area contributed by atoms with E-state index < -0.39 is 5.60 Å². The zero-order chi connectivity index (χ0) is 18.4. The number of piperidine rings is 1. The van der Waals surface area contributed by atoms with E-state index in [1.807, 2.05) is 11.3 Å². The highest BCUT2D eigenvalue weighted by Crippen LogP contribution is 2.36. The molecule has 0 spiro atoms. The van der Waals surface area contributed by atoms with Gasteiger partial charge < -0.3 is 15.7 Å². The van der Waals surface area contributed by atoms with Gasteiger partial charge in [0.1, 0.15) is 0 Å². The predicted octanol–water partition coefficient (Wildman–Crippen LogP) is 3.61. The molecule has 1 saturated heterocycles. The summed E-state index contributed by atoms with van der Waals surface area (Å²) in [5.74, 6) is 1.41. The first-order valence-electron chi connectivity index (χ1n) is 10.1. The fourth-order valence-corrected chi connectivity index (χ4v) is 5.35. The molecule has 2 unspecified atom stereocenters. The van der Waals surface area contributed by atoms with Crippen molar-refractivity contribution in [3.8, 4) is 0 Å². The number of hydrogen-bond acceptors (Lipinski definition) is 4. The number of nitrogens with one attached hydrogen (secondary N) is 2. The van der Waals surface area contributed by atoms with Crippen molar-refractivity contribution in [1.82, 2.24) is 15.5 Å². The van der Waals surface area contributed by atoms with Gasteiger partial charge in [-0.05, 0) is 63.6 Å². The first kappa shape index (κ1) is 22.9. The maximum absolute atomic E-state index is 10.6. The fraction of sp³-hybridized carbons (Fsp3) is 0.750. The molecule has 1 saturated carbocycles. The van der Waals surface area contributed by atoms with Crippen molar-refractivity contribution in [3.05, 3.63) is 22.4 Å². The SMILES string of the molecule is CCNC(=NCC1(O)CCCC1)NCC1CCCN(C)C1c1cccs1.I. The van der Waals surface area contributed by atoms with Gasteiger partial charge in [-0.25, -0.2) is 0 Å². The van der Waals surface area contributed by atoms with Gasteiger partial charge in [0.15, 0.2) is 5.96 Å². The number of hydrogen-bond donors (Lipinski definition) is 3. The minimum Gasteiger partial charge on any atom is -0.388 e. The lowest BCUT2D eigenvalue weighted by Crippen LogP contribution is -2.45. The van der Waals surface area contributed by atoms with Crippen LogP contribution in [0.25, 0.3) is 0 Å². The van der Waals surface area contributed by atoms with Crippen LogP contribution in [0, 0.1) is 5.92 Å². The Morgan fingerprint density at radius 3 is 2.78 bits per heavy atom. The molecular formula is C20H35IN4OS. The van der Waals surface area contributed by atoms with Crippen LogP contribution in [0.5, 0.6) is 0 Å². The van der Waals surface area contributed by atoms with Crippen LogP contribution in [0.3, 0.4) is 0 Å². The lowest BCUT2D eigenvalue weighted by atomic mass is 9.88. The highest BCUT2D eigenvalue weighted by Gasteiger charge is 2.32. The molecule has 1 aromatic rings. The third kappa shape index (κ3) is 6.30. The summed E-state index contributed by atoms with van der Waals surface area (Å²) in [6, 6.07) is 4.90. The first-order chi connectivity index (χ1) is 12.6. The summed E-state index contributed by atoms with van der Waals surface area (Å²) in [4.78, 5) is 8.64. The second kappa shape index (κ2) is 11.0. The maximum Gasteiger partial charge on any atom is 0.191 e. The monoisotopic (exact) mass is 506 g/mol. The van der Waals surface area contributed by atoms with E-state index >= 15 is 0 Å². The molecule has 2 fully saturated rings. The molecule has 1 aromatic heterocycles. The summed E-state index contributed by atoms with van der Waals surface area (Å²) in [7, 11) is 2.24. The number of thiophene rings is 1. The number of aliphatic hydroxyl groups is 1. The third-order valence-electron chi connectivity index (χ3n) is 5.78. The van der Waals surface area contributed by atoms with Gasteiger partial charge in [-0.3, -0.25) is 9.89 Å². The van der Waals surface area contributed by atoms with Crippen LogP contribution in [0.1, 0.15) is 56.4 Å². The zero-order valence-corrected chi connectivity index (χ0v) is 19.8. The van der Waals surface area contributed by atoms with Crippen LogP contribution in [0.2, 0.25) is 0 Å². The number of rotatable bonds is 6. The largest absolute Gasteiger partial charge is 0.388 e. The van der Waals surface area contributed by atoms with Crippen molar-refractivity contribution < 1.29 is 5.11 Å². The average Bonchev–Trinajstić information content (AvgIpc) is 3.30. The van der Waals surface area contributed by atoms with Gasteiger partial charge in [0.05, 0.1) is 12.1 Å². The molecule has 3 rings (SSSR count). The Bertz CT molecular complexity index is 575. The quantitative estimate of drug-likeness (QED) is 0.314. The molecule has 7 heteroatoms. The van der Waals surface area contributed by atoms with Crippen molar-refractivity contribution in [3.63, 3.8) is 0 Å². The second-order valence-electron chi connectivity index (χ2n) is 7.85. The number of aliphatic imine (C=N–C) groups is 1. The van der Waals surface area contributed by atoms with Gasteiger partial charge in [-0.1, -0.05) is 18.9 Å². The molecule has 0 aromatic carbocycles. The van der Waals surface area contributed by atoms with Gasteiger partial charge in [0.2, 0.25) is 0 Å². The topological polar surface area (TPSA) is 59.9 Å². The highest BCUT2D eigenvalue weighted by molar-refractivity contribution is 14.0. The zero-order valence-electron chi connectivity index (χ0n) is 16.6. The van der Waals surface area contributed by atoms with Gasteiger partial charge >= 0.3 is 0 Å². The Balaban J connectivity index is 0.00000261. The lowest BCUT2D eigenvalue weighted by Gasteiger charge is -2.39. The standard InChI is InChI=1S/C20H34N4OS.HI/c1-3-21-19(23-15-20(25)10-4-5-11-20)22-14-16-8-6-12-24(2)18(16)17-9-7-13-26-17;/h7,9,13,16,18,25H,3-6,8,10-12,14-15H2,1-2H3,(H2,21,22,23);1H. The first-order valence-corrected chi connectivity index (χ1v) is 11.0. The Morgan fingerprint density at radius 1 is 1.33 bits per heavy atom. The molecule has 5 nitrogen and oxygen atoms in total. The second-order valence-corrected chi connectivity index (χ2v) is 8.83. The van der Waals surface area contributed by atoms with Crippen molar-refractivity contribution >= 4 is 41.3 Å². The smallest absolute Gasteiger partial charge is 0.191 e. The molecule has 27 heavy (non-hydrogen) atoms. The third-order valence-corrected chi connectivity index (χ3v) is 6.73. The summed E-state index contributed by atoms with van der Waals surface area (Å²) in [6.07, 6.45) is 6.48. The van der Waals surface area contributed by atoms with Crippen LogP contribution in [0.15, 0.2) is 22.5 Å². The molecule has 2 atom stereocenters. The molecule has 0 amide bonds. The Kier molecular flexibility index (Phi) is 9.31. The number of nitrogens with zero attached hydrogens (tertiary/aromatic N) is 2. The molecule has 1 aliphatic heterocycles. The normalized spacial score (nSPS) is 25.8. The maximum atomic E-state index is 10.6. The molecule has 2 aliphatic rings. The molecule has 0 bridgehead atoms. The highest BCUT2D eigenvalue weighted by atomic mass is 127. The number of likely N-dealkylation sites (tertiary alicyclic amines) is 1. The van der Waals surface area contributed by atoms with Crippen molar-refractivity contribution in [2.75, 3.05) is 33.2 Å². The summed E-state index contributed by atoms with van der Waals surface area (Å²) >= 11 is 1.86. The number of halogens is 1. The molecule has 0 radical (unpaired) electrons. The van der Waals surface area contributed by atoms with E-state index in [0.717, 1.165) is 44.7 Å². The predicted molar refractivity (Wildman–Crippen MR) is 125 cm³/mol. The Hall–Kier alpha value is -0.380. The summed E-state index contributed by atoms with van der Waals surface area (Å²) in [5, 5.41) is 19.6. The minimum absolute atomic E-state index is 0. The number of guanidine groups is 1. The van der Waals surface area contributed by atoms with Gasteiger partial charge in [-0.15, -0.1) is 35.3 Å². The van der Waals surface area contributed by atoms with Gasteiger partial charge in [0.25, 0.3) is 0 Å². The van der Waals surface area contributed by atoms with E-state index in [1.165, 1.54) is 24.3 Å². The Morgan fingerprint density at radius 2 is 2.11 bits per heavy atom. The molecule has 154 valence electrons. The van der Waals surface area contributed by atoms with E-state index in [1.54, 1.807) is 0 Å². The molecule has 2 heterocycles. The minimum atomic E-state index is -0.590. The average molecular weight is 506 g/mol. The summed E-state index contributed by atoms with van der Waals surface area (Å²) in [6.45, 7) is 5.51. The van der Waals surface area contributed by atoms with Gasteiger partial charge in [-0.2, -0.15) is 0 Å². The van der Waals surface area contributed by atoms with Crippen molar-refractivity contribution in [2.24, 2.45) is 10.9 Å². The van der Waals surface area contributed by atoms with Crippen LogP contribution in [-0.4, -0.2) is 54.8 Å². The molecule has 1 aliphatic carbocycles. The summed E-state index contributed by atoms with van der Waals surface area (Å²) in [5.41, 5.74) is -0.590. The molecule has 3 N–H and O–H groups in total. The van der Waals surface area contributed by atoms with E-state index in [-0.39, 0.29) is 24.0 Å². The van der Waals surface area contributed by atoms with Gasteiger partial charge in [0, 0.05) is 24.0 Å². The van der Waals surface area contributed by atoms with E-state index in [4.69, 9.17) is 4.99 Å². The van der Waals surface area contributed by atoms with Crippen molar-refractivity contribution in [1.29, 1.82) is 0 Å². The van der Waals surface area contributed by atoms with Crippen LogP contribution < -0.4 is 10.6 Å². The van der Waals surface area contributed by atoms with Crippen LogP contribution in [0.4, 0.5) is 0 Å². The van der Waals surface area contributed by atoms with Crippen LogP contribution >= 0.6 is 35.3 Å². The van der Waals surface area contributed by atoms with E-state index in [9.17, 15) is 5.11 Å². The van der Waals surface area contributed by atoms with E-state index in [0.29, 0.717) is 18.5 Å².